The summed E-state index contributed by atoms with van der Waals surface area (Å²) >= 11 is 0.981. The van der Waals surface area contributed by atoms with Crippen molar-refractivity contribution in [3.05, 3.63) is 57.8 Å². The minimum absolute atomic E-state index is 0.0226. The number of furan rings is 1. The number of hydrogen-bond acceptors (Lipinski definition) is 12. The van der Waals surface area contributed by atoms with E-state index in [2.05, 4.69) is 25.2 Å². The molecule has 44 heavy (non-hydrogen) atoms. The number of nitrogens with one attached hydrogen (secondary N) is 1. The topological polar surface area (TPSA) is 173 Å². The van der Waals surface area contributed by atoms with Crippen molar-refractivity contribution in [2.75, 3.05) is 77.1 Å². The molecule has 4 heterocycles. The van der Waals surface area contributed by atoms with Crippen LogP contribution >= 0.6 is 11.3 Å². The first-order chi connectivity index (χ1) is 21.2. The molecule has 0 spiro atoms. The standard InChI is InChI=1S/C28H35FN10O4S/c1-32-7-8-36(2)22(40)17-43-18-5-6-20(19(29)16-18)38-12-9-37(10-13-38)11-14-39-26-23(44-28(39)41)25(34-27(31)35-26)33-24(30)21-4-3-15-42-21/h3-6,15-16,32H,7-14,17H2,1-2H3,(H4,30,31,33,34,35). The molecule has 0 aliphatic carbocycles. The lowest BCUT2D eigenvalue weighted by Gasteiger charge is -2.36. The Morgan fingerprint density at radius 3 is 2.73 bits per heavy atom. The summed E-state index contributed by atoms with van der Waals surface area (Å²) in [4.78, 5) is 43.5. The number of aliphatic imine (C=N–C) groups is 1. The molecule has 1 aromatic carbocycles. The normalized spacial score (nSPS) is 14.3. The maximum absolute atomic E-state index is 15.0. The van der Waals surface area contributed by atoms with Crippen molar-refractivity contribution in [2.45, 2.75) is 6.54 Å². The minimum atomic E-state index is -0.411. The number of nitrogens with two attached hydrogens (primary N) is 2. The number of carbonyl (C=O) groups is 1. The fourth-order valence-electron chi connectivity index (χ4n) is 4.76. The number of fused-ring (bicyclic) bond motifs is 1. The van der Waals surface area contributed by atoms with Crippen molar-refractivity contribution in [1.82, 2.24) is 29.7 Å². The third-order valence-electron chi connectivity index (χ3n) is 7.27. The van der Waals surface area contributed by atoms with Gasteiger partial charge in [0, 0.05) is 65.5 Å². The fourth-order valence-corrected chi connectivity index (χ4v) is 5.65. The zero-order valence-electron chi connectivity index (χ0n) is 24.5. The average Bonchev–Trinajstić information content (AvgIpc) is 3.66. The fraction of sp³-hybridized carbons (Fsp3) is 0.393. The van der Waals surface area contributed by atoms with Gasteiger partial charge in [-0.3, -0.25) is 19.1 Å². The summed E-state index contributed by atoms with van der Waals surface area (Å²) in [7, 11) is 3.51. The van der Waals surface area contributed by atoms with Crippen LogP contribution in [-0.4, -0.2) is 103 Å². The van der Waals surface area contributed by atoms with E-state index in [9.17, 15) is 9.59 Å². The van der Waals surface area contributed by atoms with Gasteiger partial charge in [0.2, 0.25) is 5.95 Å². The van der Waals surface area contributed by atoms with Crippen LogP contribution in [0.5, 0.6) is 5.75 Å². The largest absolute Gasteiger partial charge is 0.484 e. The van der Waals surface area contributed by atoms with E-state index >= 15 is 4.39 Å². The molecule has 0 atom stereocenters. The molecule has 4 aromatic rings. The Bertz CT molecular complexity index is 1680. The first kappa shape index (κ1) is 30.9. The summed E-state index contributed by atoms with van der Waals surface area (Å²) in [6, 6.07) is 8.02. The summed E-state index contributed by atoms with van der Waals surface area (Å²) in [6.07, 6.45) is 1.48. The molecule has 0 saturated carbocycles. The van der Waals surface area contributed by atoms with E-state index in [0.717, 1.165) is 11.3 Å². The van der Waals surface area contributed by atoms with Crippen LogP contribution in [0.2, 0.25) is 0 Å². The molecule has 0 radical (unpaired) electrons. The zero-order chi connectivity index (χ0) is 31.2. The van der Waals surface area contributed by atoms with Crippen molar-refractivity contribution >= 4 is 50.9 Å². The Kier molecular flexibility index (Phi) is 9.72. The zero-order valence-corrected chi connectivity index (χ0v) is 25.3. The molecule has 1 aliphatic heterocycles. The highest BCUT2D eigenvalue weighted by atomic mass is 32.1. The molecule has 16 heteroatoms. The van der Waals surface area contributed by atoms with E-state index < -0.39 is 5.82 Å². The Morgan fingerprint density at radius 1 is 1.23 bits per heavy atom. The number of amides is 1. The second-order valence-electron chi connectivity index (χ2n) is 10.2. The van der Waals surface area contributed by atoms with E-state index in [-0.39, 0.29) is 35.0 Å². The number of thiazole rings is 1. The van der Waals surface area contributed by atoms with Crippen LogP contribution in [0, 0.1) is 5.82 Å². The number of likely N-dealkylation sites (N-methyl/N-ethyl adjacent to an activating group) is 2. The van der Waals surface area contributed by atoms with E-state index in [1.165, 1.54) is 12.3 Å². The van der Waals surface area contributed by atoms with E-state index in [4.69, 9.17) is 20.6 Å². The van der Waals surface area contributed by atoms with E-state index in [0.29, 0.717) is 79.9 Å². The van der Waals surface area contributed by atoms with Gasteiger partial charge in [-0.05, 0) is 31.3 Å². The summed E-state index contributed by atoms with van der Waals surface area (Å²) in [5.41, 5.74) is 12.9. The van der Waals surface area contributed by atoms with Crippen LogP contribution in [0.1, 0.15) is 5.76 Å². The summed E-state index contributed by atoms with van der Waals surface area (Å²) in [5, 5.41) is 2.99. The van der Waals surface area contributed by atoms with Gasteiger partial charge >= 0.3 is 4.87 Å². The highest BCUT2D eigenvalue weighted by molar-refractivity contribution is 7.17. The minimum Gasteiger partial charge on any atom is -0.484 e. The molecule has 0 bridgehead atoms. The molecular weight excluding hydrogens is 591 g/mol. The van der Waals surface area contributed by atoms with Gasteiger partial charge in [-0.2, -0.15) is 9.97 Å². The van der Waals surface area contributed by atoms with Crippen LogP contribution in [-0.2, 0) is 11.3 Å². The van der Waals surface area contributed by atoms with Crippen LogP contribution in [0.3, 0.4) is 0 Å². The van der Waals surface area contributed by atoms with Gasteiger partial charge in [-0.15, -0.1) is 0 Å². The van der Waals surface area contributed by atoms with E-state index in [1.807, 2.05) is 11.9 Å². The quantitative estimate of drug-likeness (QED) is 0.152. The molecule has 3 aromatic heterocycles. The molecule has 234 valence electrons. The maximum Gasteiger partial charge on any atom is 0.309 e. The second kappa shape index (κ2) is 13.8. The van der Waals surface area contributed by atoms with Gasteiger partial charge in [0.15, 0.2) is 29.7 Å². The number of halogens is 1. The number of hydrogen-bond donors (Lipinski definition) is 3. The third kappa shape index (κ3) is 7.15. The molecule has 1 saturated heterocycles. The number of ether oxygens (including phenoxy) is 1. The summed E-state index contributed by atoms with van der Waals surface area (Å²) in [6.45, 7) is 4.59. The third-order valence-corrected chi connectivity index (χ3v) is 8.23. The molecule has 5 N–H and O–H groups in total. The molecule has 0 unspecified atom stereocenters. The average molecular weight is 627 g/mol. The molecule has 14 nitrogen and oxygen atoms in total. The van der Waals surface area contributed by atoms with Gasteiger partial charge in [0.1, 0.15) is 16.3 Å². The van der Waals surface area contributed by atoms with Crippen LogP contribution in [0.25, 0.3) is 10.3 Å². The highest BCUT2D eigenvalue weighted by Crippen LogP contribution is 2.28. The molecule has 1 amide bonds. The van der Waals surface area contributed by atoms with Crippen LogP contribution < -0.4 is 31.3 Å². The smallest absolute Gasteiger partial charge is 0.309 e. The first-order valence-corrected chi connectivity index (χ1v) is 14.9. The Balaban J connectivity index is 1.17. The number of carbonyl (C=O) groups excluding carboxylic acids is 1. The Hall–Kier alpha value is -4.54. The lowest BCUT2D eigenvalue weighted by Crippen LogP contribution is -2.47. The van der Waals surface area contributed by atoms with Crippen molar-refractivity contribution in [3.63, 3.8) is 0 Å². The lowest BCUT2D eigenvalue weighted by atomic mass is 10.2. The summed E-state index contributed by atoms with van der Waals surface area (Å²) in [5.74, 6) is 0.377. The van der Waals surface area contributed by atoms with Gasteiger partial charge < -0.3 is 35.7 Å². The lowest BCUT2D eigenvalue weighted by molar-refractivity contribution is -0.132. The van der Waals surface area contributed by atoms with Crippen molar-refractivity contribution in [2.24, 2.45) is 10.7 Å². The predicted molar refractivity (Wildman–Crippen MR) is 167 cm³/mol. The first-order valence-electron chi connectivity index (χ1n) is 14.1. The Morgan fingerprint density at radius 2 is 2.02 bits per heavy atom. The summed E-state index contributed by atoms with van der Waals surface area (Å²) < 4.78 is 27.9. The van der Waals surface area contributed by atoms with Crippen molar-refractivity contribution in [3.8, 4) is 5.75 Å². The van der Waals surface area contributed by atoms with Gasteiger partial charge in [-0.1, -0.05) is 11.3 Å². The van der Waals surface area contributed by atoms with Crippen molar-refractivity contribution < 1.29 is 18.3 Å². The Labute approximate surface area is 256 Å². The SMILES string of the molecule is CNCCN(C)C(=O)COc1ccc(N2CCN(CCn3c(=O)sc4c(/N=C(\N)c5ccco5)nc(N)nc43)CC2)c(F)c1. The van der Waals surface area contributed by atoms with Gasteiger partial charge in [0.25, 0.3) is 5.91 Å². The maximum atomic E-state index is 15.0. The molecule has 5 rings (SSSR count). The predicted octanol–water partition coefficient (Wildman–Crippen LogP) is 1.08. The van der Waals surface area contributed by atoms with Crippen molar-refractivity contribution in [1.29, 1.82) is 0 Å². The number of nitrogen functional groups attached to an aromatic ring is 1. The second-order valence-corrected chi connectivity index (χ2v) is 11.2. The molecule has 1 aliphatic rings. The number of piperazine rings is 1. The van der Waals surface area contributed by atoms with Gasteiger partial charge in [-0.25, -0.2) is 9.38 Å². The number of nitrogens with zero attached hydrogens (tertiary/aromatic N) is 7. The molecule has 1 fully saturated rings. The molecular formula is C28H35FN10O4S. The number of rotatable bonds is 12. The van der Waals surface area contributed by atoms with Gasteiger partial charge in [0.05, 0.1) is 12.0 Å². The monoisotopic (exact) mass is 626 g/mol. The van der Waals surface area contributed by atoms with E-state index in [1.54, 1.807) is 40.8 Å². The highest BCUT2D eigenvalue weighted by Gasteiger charge is 2.22. The number of anilines is 2. The van der Waals surface area contributed by atoms with Crippen LogP contribution in [0.15, 0.2) is 50.8 Å². The number of aromatic nitrogens is 3. The number of benzene rings is 1. The number of amidine groups is 1. The van der Waals surface area contributed by atoms with Crippen LogP contribution in [0.4, 0.5) is 21.8 Å².